The van der Waals surface area contributed by atoms with Crippen molar-refractivity contribution >= 4 is 64.4 Å². The van der Waals surface area contributed by atoms with Gasteiger partial charge in [-0.25, -0.2) is 9.80 Å². The molecule has 5 nitrogen and oxygen atoms in total. The van der Waals surface area contributed by atoms with E-state index in [4.69, 9.17) is 46.4 Å². The molecule has 1 unspecified atom stereocenters. The van der Waals surface area contributed by atoms with Gasteiger partial charge in [0.1, 0.15) is 0 Å². The zero-order valence-electron chi connectivity index (χ0n) is 17.2. The van der Waals surface area contributed by atoms with Crippen molar-refractivity contribution in [2.45, 2.75) is 19.0 Å². The van der Waals surface area contributed by atoms with Gasteiger partial charge in [-0.15, -0.1) is 0 Å². The van der Waals surface area contributed by atoms with E-state index in [1.165, 1.54) is 31.3 Å². The smallest absolute Gasteiger partial charge is 0.337 e. The Morgan fingerprint density at radius 2 is 1.67 bits per heavy atom. The van der Waals surface area contributed by atoms with Gasteiger partial charge in [0, 0.05) is 13.6 Å². The maximum atomic E-state index is 13.7. The third kappa shape index (κ3) is 7.17. The van der Waals surface area contributed by atoms with Crippen LogP contribution in [-0.2, 0) is 0 Å². The Morgan fingerprint density at radius 1 is 1.06 bits per heavy atom. The van der Waals surface area contributed by atoms with Crippen molar-refractivity contribution in [2.75, 3.05) is 13.6 Å². The third-order valence-corrected chi connectivity index (χ3v) is 5.85. The predicted molar refractivity (Wildman–Crippen MR) is 125 cm³/mol. The normalized spacial score (nSPS) is 12.5. The lowest BCUT2D eigenvalue weighted by molar-refractivity contribution is -0.139. The van der Waals surface area contributed by atoms with Crippen molar-refractivity contribution < 1.29 is 22.8 Å². The maximum absolute atomic E-state index is 13.7. The van der Waals surface area contributed by atoms with Crippen LogP contribution in [0.3, 0.4) is 0 Å². The second kappa shape index (κ2) is 11.3. The summed E-state index contributed by atoms with van der Waals surface area (Å²) in [4.78, 5) is 24.0. The van der Waals surface area contributed by atoms with Crippen LogP contribution in [0.2, 0.25) is 20.1 Å². The molecule has 0 aliphatic carbocycles. The zero-order valence-corrected chi connectivity index (χ0v) is 20.3. The van der Waals surface area contributed by atoms with Gasteiger partial charge in [0.25, 0.3) is 5.91 Å². The van der Waals surface area contributed by atoms with E-state index in [0.717, 1.165) is 23.2 Å². The van der Waals surface area contributed by atoms with Crippen LogP contribution in [0.1, 0.15) is 34.3 Å². The maximum Gasteiger partial charge on any atom is 0.399 e. The van der Waals surface area contributed by atoms with E-state index in [-0.39, 0.29) is 31.2 Å². The molecule has 2 N–H and O–H groups in total. The number of rotatable bonds is 5. The van der Waals surface area contributed by atoms with Gasteiger partial charge in [0.05, 0.1) is 31.6 Å². The Morgan fingerprint density at radius 3 is 2.18 bits per heavy atom. The van der Waals surface area contributed by atoms with Crippen molar-refractivity contribution in [1.29, 1.82) is 0 Å². The molecule has 0 fully saturated rings. The van der Waals surface area contributed by atoms with E-state index in [1.54, 1.807) is 6.92 Å². The van der Waals surface area contributed by atoms with Crippen molar-refractivity contribution in [3.05, 3.63) is 73.2 Å². The molecule has 0 spiro atoms. The van der Waals surface area contributed by atoms with Gasteiger partial charge in [-0.3, -0.25) is 10.2 Å². The van der Waals surface area contributed by atoms with Crippen LogP contribution in [-0.4, -0.2) is 36.7 Å². The van der Waals surface area contributed by atoms with Gasteiger partial charge in [0.15, 0.2) is 0 Å². The van der Waals surface area contributed by atoms with Crippen LogP contribution in [0, 0.1) is 0 Å². The first-order valence-corrected chi connectivity index (χ1v) is 10.9. The first kappa shape index (κ1) is 27.1. The highest BCUT2D eigenvalue weighted by Gasteiger charge is 2.39. The number of alkyl halides is 3. The van der Waals surface area contributed by atoms with E-state index in [1.807, 2.05) is 0 Å². The summed E-state index contributed by atoms with van der Waals surface area (Å²) in [6, 6.07) is 5.75. The molecule has 12 heteroatoms. The number of benzene rings is 2. The monoisotopic (exact) mass is 541 g/mol. The summed E-state index contributed by atoms with van der Waals surface area (Å²) in [5.41, 5.74) is 2.51. The molecular formula is C21H18Cl4F3N3O2. The summed E-state index contributed by atoms with van der Waals surface area (Å²) in [6.45, 7) is 2.09. The summed E-state index contributed by atoms with van der Waals surface area (Å²) in [7, 11) is 1.35. The largest absolute Gasteiger partial charge is 0.399 e. The van der Waals surface area contributed by atoms with Crippen molar-refractivity contribution in [1.82, 2.24) is 15.8 Å². The summed E-state index contributed by atoms with van der Waals surface area (Å²) >= 11 is 23.7. The number of urea groups is 1. The van der Waals surface area contributed by atoms with E-state index in [9.17, 15) is 22.8 Å². The number of hydrogen-bond acceptors (Lipinski definition) is 2. The first-order valence-electron chi connectivity index (χ1n) is 9.36. The quantitative estimate of drug-likeness (QED) is 0.316. The number of nitrogens with one attached hydrogen (secondary N) is 2. The minimum absolute atomic E-state index is 0.0138. The van der Waals surface area contributed by atoms with Gasteiger partial charge >= 0.3 is 12.2 Å². The molecule has 2 aromatic carbocycles. The number of carbonyl (C=O) groups excluding carboxylic acids is 2. The zero-order chi connectivity index (χ0) is 24.9. The SMILES string of the molecule is CCNC(=O)N(C)NC(=O)c1ccc(C=CC(c2cc(Cl)c(Cl)c(Cl)c2)C(F)(F)F)cc1Cl. The summed E-state index contributed by atoms with van der Waals surface area (Å²) in [6.07, 6.45) is -2.50. The fourth-order valence-electron chi connectivity index (χ4n) is 2.72. The molecule has 33 heavy (non-hydrogen) atoms. The lowest BCUT2D eigenvalue weighted by Crippen LogP contribution is -2.48. The number of carbonyl (C=O) groups is 2. The fourth-order valence-corrected chi connectivity index (χ4v) is 3.61. The first-order chi connectivity index (χ1) is 15.3. The third-order valence-electron chi connectivity index (χ3n) is 4.34. The average molecular weight is 543 g/mol. The molecule has 0 aliphatic heterocycles. The number of halogens is 7. The highest BCUT2D eigenvalue weighted by atomic mass is 35.5. The molecule has 0 saturated carbocycles. The molecule has 2 aromatic rings. The molecule has 178 valence electrons. The molecular weight excluding hydrogens is 525 g/mol. The van der Waals surface area contributed by atoms with E-state index in [2.05, 4.69) is 10.7 Å². The number of amides is 3. The average Bonchev–Trinajstić information content (AvgIpc) is 2.71. The Hall–Kier alpha value is -2.13. The van der Waals surface area contributed by atoms with E-state index in [0.29, 0.717) is 12.1 Å². The number of hydrazine groups is 1. The Labute approximate surface area is 208 Å². The minimum Gasteiger partial charge on any atom is -0.337 e. The number of nitrogens with zero attached hydrogens (tertiary/aromatic N) is 1. The van der Waals surface area contributed by atoms with Crippen LogP contribution in [0.15, 0.2) is 36.4 Å². The minimum atomic E-state index is -4.63. The van der Waals surface area contributed by atoms with Crippen LogP contribution in [0.25, 0.3) is 6.08 Å². The van der Waals surface area contributed by atoms with Crippen molar-refractivity contribution in [3.8, 4) is 0 Å². The van der Waals surface area contributed by atoms with Crippen molar-refractivity contribution in [2.24, 2.45) is 0 Å². The lowest BCUT2D eigenvalue weighted by atomic mass is 9.97. The molecule has 0 saturated heterocycles. The highest BCUT2D eigenvalue weighted by molar-refractivity contribution is 6.48. The summed E-state index contributed by atoms with van der Waals surface area (Å²) in [5.74, 6) is -2.68. The van der Waals surface area contributed by atoms with Crippen LogP contribution < -0.4 is 10.7 Å². The van der Waals surface area contributed by atoms with Crippen LogP contribution >= 0.6 is 46.4 Å². The van der Waals surface area contributed by atoms with Gasteiger partial charge in [-0.1, -0.05) is 64.6 Å². The summed E-state index contributed by atoms with van der Waals surface area (Å²) in [5, 5.41) is 3.20. The van der Waals surface area contributed by atoms with Gasteiger partial charge in [0.2, 0.25) is 0 Å². The predicted octanol–water partition coefficient (Wildman–Crippen LogP) is 6.97. The standard InChI is InChI=1S/C21H18Cl4F3N3O2/c1-3-29-20(33)31(2)30-19(32)13-6-4-11(8-15(13)22)5-7-14(21(26,27)28)12-9-16(23)18(25)17(24)10-12/h4-10,14H,3H2,1-2H3,(H,29,33)(H,30,32). The van der Waals surface area contributed by atoms with Gasteiger partial charge in [-0.2, -0.15) is 13.2 Å². The topological polar surface area (TPSA) is 61.4 Å². The number of hydrogen-bond donors (Lipinski definition) is 2. The molecule has 0 aliphatic rings. The second-order valence-corrected chi connectivity index (χ2v) is 8.35. The van der Waals surface area contributed by atoms with Gasteiger partial charge < -0.3 is 5.32 Å². The van der Waals surface area contributed by atoms with E-state index < -0.39 is 24.0 Å². The Kier molecular flexibility index (Phi) is 9.31. The molecule has 0 heterocycles. The molecule has 0 bridgehead atoms. The number of allylic oxidation sites excluding steroid dienone is 1. The summed E-state index contributed by atoms with van der Waals surface area (Å²) < 4.78 is 41.0. The van der Waals surface area contributed by atoms with E-state index >= 15 is 0 Å². The van der Waals surface area contributed by atoms with Crippen molar-refractivity contribution in [3.63, 3.8) is 0 Å². The fraction of sp³-hybridized carbons (Fsp3) is 0.238. The lowest BCUT2D eigenvalue weighted by Gasteiger charge is -2.19. The Bertz CT molecular complexity index is 1050. The second-order valence-electron chi connectivity index (χ2n) is 6.75. The molecule has 0 aromatic heterocycles. The van der Waals surface area contributed by atoms with Crippen LogP contribution in [0.5, 0.6) is 0 Å². The molecule has 3 amide bonds. The van der Waals surface area contributed by atoms with Gasteiger partial charge in [-0.05, 0) is 42.3 Å². The van der Waals surface area contributed by atoms with Crippen LogP contribution in [0.4, 0.5) is 18.0 Å². The molecule has 2 rings (SSSR count). The Balaban J connectivity index is 2.27. The molecule has 1 atom stereocenters. The molecule has 0 radical (unpaired) electrons. The highest BCUT2D eigenvalue weighted by Crippen LogP contribution is 2.41.